The van der Waals surface area contributed by atoms with Crippen molar-refractivity contribution in [1.29, 1.82) is 0 Å². The van der Waals surface area contributed by atoms with Gasteiger partial charge in [0, 0.05) is 13.1 Å². The molecule has 0 amide bonds. The Hall–Kier alpha value is -1.85. The topological polar surface area (TPSA) is 90.1 Å². The highest BCUT2D eigenvalue weighted by Gasteiger charge is 1.90. The first-order chi connectivity index (χ1) is 5.72. The molecule has 1 heterocycles. The second kappa shape index (κ2) is 3.51. The zero-order valence-electron chi connectivity index (χ0n) is 6.42. The molecule has 0 atom stereocenters. The molecule has 1 aromatic rings. The zero-order chi connectivity index (χ0) is 8.97. The lowest BCUT2D eigenvalue weighted by Crippen LogP contribution is -2.22. The maximum atomic E-state index is 10.7. The van der Waals surface area contributed by atoms with Gasteiger partial charge < -0.3 is 10.4 Å². The van der Waals surface area contributed by atoms with Crippen LogP contribution >= 0.6 is 0 Å². The van der Waals surface area contributed by atoms with Gasteiger partial charge in [0.05, 0.1) is 11.9 Å². The predicted molar refractivity (Wildman–Crippen MR) is 44.3 cm³/mol. The summed E-state index contributed by atoms with van der Waals surface area (Å²) >= 11 is 0. The SMILES string of the molecule is CN/N=C\c1cc(=O)[nH]c(=O)[nH]1. The van der Waals surface area contributed by atoms with Gasteiger partial charge in [-0.05, 0) is 0 Å². The lowest BCUT2D eigenvalue weighted by atomic mass is 10.4. The molecule has 64 valence electrons. The normalized spacial score (nSPS) is 10.4. The van der Waals surface area contributed by atoms with Crippen LogP contribution in [0.25, 0.3) is 0 Å². The molecule has 0 aliphatic heterocycles. The lowest BCUT2D eigenvalue weighted by Gasteiger charge is -1.89. The van der Waals surface area contributed by atoms with Crippen LogP contribution in [0.2, 0.25) is 0 Å². The first kappa shape index (κ1) is 8.25. The number of hydrogen-bond donors (Lipinski definition) is 3. The highest BCUT2D eigenvalue weighted by molar-refractivity contribution is 5.76. The second-order valence-corrected chi connectivity index (χ2v) is 2.02. The van der Waals surface area contributed by atoms with E-state index in [2.05, 4.69) is 15.5 Å². The maximum absolute atomic E-state index is 10.7. The van der Waals surface area contributed by atoms with Gasteiger partial charge in [-0.2, -0.15) is 5.10 Å². The van der Waals surface area contributed by atoms with E-state index in [1.807, 2.05) is 4.98 Å². The highest BCUT2D eigenvalue weighted by Crippen LogP contribution is 1.75. The van der Waals surface area contributed by atoms with Gasteiger partial charge in [0.1, 0.15) is 0 Å². The Morgan fingerprint density at radius 1 is 1.50 bits per heavy atom. The van der Waals surface area contributed by atoms with Gasteiger partial charge in [0.15, 0.2) is 0 Å². The van der Waals surface area contributed by atoms with Gasteiger partial charge in [-0.25, -0.2) is 4.79 Å². The maximum Gasteiger partial charge on any atom is 0.326 e. The van der Waals surface area contributed by atoms with Crippen molar-refractivity contribution in [3.63, 3.8) is 0 Å². The average molecular weight is 168 g/mol. The van der Waals surface area contributed by atoms with Gasteiger partial charge in [-0.3, -0.25) is 9.78 Å². The molecule has 0 aliphatic carbocycles. The van der Waals surface area contributed by atoms with Crippen LogP contribution in [0.15, 0.2) is 20.8 Å². The number of nitrogens with zero attached hydrogens (tertiary/aromatic N) is 1. The van der Waals surface area contributed by atoms with Crippen molar-refractivity contribution in [2.75, 3.05) is 7.05 Å². The van der Waals surface area contributed by atoms with Crippen LogP contribution in [0.5, 0.6) is 0 Å². The van der Waals surface area contributed by atoms with Crippen LogP contribution in [0, 0.1) is 0 Å². The molecule has 0 saturated heterocycles. The Labute approximate surface area is 67.3 Å². The van der Waals surface area contributed by atoms with Crippen LogP contribution in [-0.4, -0.2) is 23.2 Å². The summed E-state index contributed by atoms with van der Waals surface area (Å²) in [6.07, 6.45) is 1.34. The van der Waals surface area contributed by atoms with E-state index in [9.17, 15) is 9.59 Å². The summed E-state index contributed by atoms with van der Waals surface area (Å²) in [5, 5.41) is 3.63. The van der Waals surface area contributed by atoms with Crippen LogP contribution in [-0.2, 0) is 0 Å². The Morgan fingerprint density at radius 3 is 2.83 bits per heavy atom. The van der Waals surface area contributed by atoms with Crippen molar-refractivity contribution < 1.29 is 0 Å². The number of nitrogens with one attached hydrogen (secondary N) is 3. The van der Waals surface area contributed by atoms with Gasteiger partial charge >= 0.3 is 5.69 Å². The molecule has 6 heteroatoms. The summed E-state index contributed by atoms with van der Waals surface area (Å²) in [4.78, 5) is 25.8. The standard InChI is InChI=1S/C6H8N4O2/c1-7-8-3-4-2-5(11)10-6(12)9-4/h2-3,7H,1H3,(H2,9,10,11,12)/b8-3-. The summed E-state index contributed by atoms with van der Waals surface area (Å²) in [7, 11) is 1.61. The van der Waals surface area contributed by atoms with Crippen LogP contribution in [0.4, 0.5) is 0 Å². The molecule has 3 N–H and O–H groups in total. The van der Waals surface area contributed by atoms with E-state index in [0.717, 1.165) is 0 Å². The molecular formula is C6H8N4O2. The molecule has 0 aliphatic rings. The quantitative estimate of drug-likeness (QED) is 0.375. The molecule has 0 bridgehead atoms. The number of aromatic nitrogens is 2. The van der Waals surface area contributed by atoms with E-state index in [1.54, 1.807) is 7.05 Å². The molecule has 0 spiro atoms. The molecular weight excluding hydrogens is 160 g/mol. The van der Waals surface area contributed by atoms with E-state index >= 15 is 0 Å². The summed E-state index contributed by atoms with van der Waals surface area (Å²) in [5.41, 5.74) is 1.86. The van der Waals surface area contributed by atoms with Crippen molar-refractivity contribution in [3.8, 4) is 0 Å². The van der Waals surface area contributed by atoms with Crippen molar-refractivity contribution in [1.82, 2.24) is 15.4 Å². The number of hydrogen-bond acceptors (Lipinski definition) is 4. The van der Waals surface area contributed by atoms with Crippen molar-refractivity contribution in [2.24, 2.45) is 5.10 Å². The fraction of sp³-hybridized carbons (Fsp3) is 0.167. The number of rotatable bonds is 2. The van der Waals surface area contributed by atoms with E-state index in [0.29, 0.717) is 5.69 Å². The molecule has 0 aromatic carbocycles. The van der Waals surface area contributed by atoms with Crippen LogP contribution < -0.4 is 16.7 Å². The van der Waals surface area contributed by atoms with E-state index < -0.39 is 11.2 Å². The summed E-state index contributed by atoms with van der Waals surface area (Å²) in [6.45, 7) is 0. The third-order valence-electron chi connectivity index (χ3n) is 1.11. The second-order valence-electron chi connectivity index (χ2n) is 2.02. The smallest absolute Gasteiger partial charge is 0.313 e. The van der Waals surface area contributed by atoms with Crippen molar-refractivity contribution in [3.05, 3.63) is 32.6 Å². The fourth-order valence-electron chi connectivity index (χ4n) is 0.691. The number of H-pyrrole nitrogens is 2. The molecule has 0 fully saturated rings. The van der Waals surface area contributed by atoms with Gasteiger partial charge in [-0.1, -0.05) is 0 Å². The minimum Gasteiger partial charge on any atom is -0.313 e. The van der Waals surface area contributed by atoms with Gasteiger partial charge in [0.25, 0.3) is 5.56 Å². The van der Waals surface area contributed by atoms with Gasteiger partial charge in [-0.15, -0.1) is 0 Å². The van der Waals surface area contributed by atoms with Gasteiger partial charge in [0.2, 0.25) is 0 Å². The van der Waals surface area contributed by atoms with Crippen molar-refractivity contribution in [2.45, 2.75) is 0 Å². The summed E-state index contributed by atoms with van der Waals surface area (Å²) < 4.78 is 0. The van der Waals surface area contributed by atoms with E-state index in [-0.39, 0.29) is 0 Å². The molecule has 12 heavy (non-hydrogen) atoms. The van der Waals surface area contributed by atoms with Crippen LogP contribution in [0.1, 0.15) is 5.69 Å². The lowest BCUT2D eigenvalue weighted by molar-refractivity contribution is 0.904. The average Bonchev–Trinajstić information content (AvgIpc) is 1.99. The zero-order valence-corrected chi connectivity index (χ0v) is 6.42. The summed E-state index contributed by atoms with van der Waals surface area (Å²) in [5.74, 6) is 0. The van der Waals surface area contributed by atoms with Crippen LogP contribution in [0.3, 0.4) is 0 Å². The molecule has 6 nitrogen and oxygen atoms in total. The minimum atomic E-state index is -0.542. The Morgan fingerprint density at radius 2 is 2.25 bits per heavy atom. The van der Waals surface area contributed by atoms with E-state index in [1.165, 1.54) is 12.3 Å². The third kappa shape index (κ3) is 2.08. The first-order valence-electron chi connectivity index (χ1n) is 3.26. The largest absolute Gasteiger partial charge is 0.326 e. The fourth-order valence-corrected chi connectivity index (χ4v) is 0.691. The Bertz CT molecular complexity index is 361. The molecule has 0 saturated carbocycles. The van der Waals surface area contributed by atoms with Crippen molar-refractivity contribution >= 4 is 6.21 Å². The first-order valence-corrected chi connectivity index (χ1v) is 3.26. The van der Waals surface area contributed by atoms with E-state index in [4.69, 9.17) is 0 Å². The Kier molecular flexibility index (Phi) is 2.42. The summed E-state index contributed by atoms with van der Waals surface area (Å²) in [6, 6.07) is 1.24. The molecule has 0 radical (unpaired) electrons. The number of hydrazone groups is 1. The molecule has 1 aromatic heterocycles. The monoisotopic (exact) mass is 168 g/mol. The molecule has 0 unspecified atom stereocenters. The Balaban J connectivity index is 3.09. The predicted octanol–water partition coefficient (Wildman–Crippen LogP) is -1.38. The molecule has 1 rings (SSSR count). The minimum absolute atomic E-state index is 0.359. The highest BCUT2D eigenvalue weighted by atomic mass is 16.2. The third-order valence-corrected chi connectivity index (χ3v) is 1.11. The number of aromatic amines is 2.